The number of tetrazole rings is 1. The zero-order valence-corrected chi connectivity index (χ0v) is 17.6. The molecule has 10 heteroatoms. The lowest BCUT2D eigenvalue weighted by atomic mass is 10.1. The van der Waals surface area contributed by atoms with Gasteiger partial charge in [0.1, 0.15) is 18.0 Å². The number of aliphatic hydroxyl groups excluding tert-OH is 1. The summed E-state index contributed by atoms with van der Waals surface area (Å²) in [6.45, 7) is 1.52. The van der Waals surface area contributed by atoms with E-state index in [0.29, 0.717) is 39.4 Å². The number of rotatable bonds is 10. The van der Waals surface area contributed by atoms with Gasteiger partial charge in [-0.15, -0.1) is 5.10 Å². The van der Waals surface area contributed by atoms with Gasteiger partial charge in [0.2, 0.25) is 5.16 Å². The monoisotopic (exact) mass is 430 g/mol. The highest BCUT2D eigenvalue weighted by atomic mass is 32.2. The first-order valence-electron chi connectivity index (χ1n) is 9.08. The summed E-state index contributed by atoms with van der Waals surface area (Å²) >= 11 is 1.29. The summed E-state index contributed by atoms with van der Waals surface area (Å²) in [6, 6.07) is 12.3. The molecule has 0 aliphatic rings. The van der Waals surface area contributed by atoms with E-state index in [9.17, 15) is 9.90 Å². The van der Waals surface area contributed by atoms with E-state index in [4.69, 9.17) is 14.2 Å². The van der Waals surface area contributed by atoms with E-state index in [1.807, 2.05) is 24.3 Å². The maximum absolute atomic E-state index is 11.5. The predicted molar refractivity (Wildman–Crippen MR) is 111 cm³/mol. The van der Waals surface area contributed by atoms with Gasteiger partial charge in [0.15, 0.2) is 17.3 Å². The van der Waals surface area contributed by atoms with Crippen molar-refractivity contribution in [2.24, 2.45) is 0 Å². The summed E-state index contributed by atoms with van der Waals surface area (Å²) in [5.41, 5.74) is 1.23. The van der Waals surface area contributed by atoms with Crippen LogP contribution in [0, 0.1) is 0 Å². The first kappa shape index (κ1) is 21.6. The first-order valence-corrected chi connectivity index (χ1v) is 10.1. The molecule has 0 bridgehead atoms. The van der Waals surface area contributed by atoms with Gasteiger partial charge in [-0.2, -0.15) is 4.68 Å². The summed E-state index contributed by atoms with van der Waals surface area (Å²) < 4.78 is 17.8. The number of thioether (sulfide) groups is 1. The van der Waals surface area contributed by atoms with Gasteiger partial charge in [0.25, 0.3) is 0 Å². The number of para-hydroxylation sites is 2. The van der Waals surface area contributed by atoms with Gasteiger partial charge in [-0.05, 0) is 47.7 Å². The average Bonchev–Trinajstić information content (AvgIpc) is 3.24. The molecule has 0 radical (unpaired) electrons. The van der Waals surface area contributed by atoms with Crippen LogP contribution < -0.4 is 14.2 Å². The summed E-state index contributed by atoms with van der Waals surface area (Å²) in [5.74, 6) is 1.76. The SMILES string of the molecule is COc1cc(C(C)=O)ccc1OCC(O)CSc1nnnn1-c1ccccc1OC. The second kappa shape index (κ2) is 10.1. The van der Waals surface area contributed by atoms with Crippen LogP contribution in [0.3, 0.4) is 0 Å². The molecule has 1 heterocycles. The standard InChI is InChI=1S/C20H22N4O5S/c1-13(25)14-8-9-18(19(10-14)28-3)29-11-15(26)12-30-20-21-22-23-24(20)16-6-4-5-7-17(16)27-2/h4-10,15,26H,11-12H2,1-3H3. The van der Waals surface area contributed by atoms with Crippen LogP contribution in [0.15, 0.2) is 47.6 Å². The van der Waals surface area contributed by atoms with Crippen molar-refractivity contribution in [1.82, 2.24) is 20.2 Å². The molecule has 1 N–H and O–H groups in total. The second-order valence-corrected chi connectivity index (χ2v) is 7.23. The van der Waals surface area contributed by atoms with Crippen molar-refractivity contribution in [3.63, 3.8) is 0 Å². The maximum Gasteiger partial charge on any atom is 0.214 e. The van der Waals surface area contributed by atoms with Crippen LogP contribution in [0.5, 0.6) is 17.2 Å². The Balaban J connectivity index is 1.61. The molecule has 158 valence electrons. The highest BCUT2D eigenvalue weighted by Gasteiger charge is 2.16. The molecule has 0 saturated heterocycles. The van der Waals surface area contributed by atoms with Crippen LogP contribution >= 0.6 is 11.8 Å². The molecule has 0 saturated carbocycles. The van der Waals surface area contributed by atoms with Crippen molar-refractivity contribution in [3.8, 4) is 22.9 Å². The lowest BCUT2D eigenvalue weighted by Gasteiger charge is -2.15. The van der Waals surface area contributed by atoms with E-state index < -0.39 is 6.10 Å². The number of hydrogen-bond donors (Lipinski definition) is 1. The topological polar surface area (TPSA) is 109 Å². The molecule has 0 amide bonds. The number of aromatic nitrogens is 4. The Morgan fingerprint density at radius 1 is 1.13 bits per heavy atom. The number of aliphatic hydroxyl groups is 1. The Morgan fingerprint density at radius 3 is 2.63 bits per heavy atom. The lowest BCUT2D eigenvalue weighted by molar-refractivity contribution is 0.101. The van der Waals surface area contributed by atoms with Crippen molar-refractivity contribution in [3.05, 3.63) is 48.0 Å². The number of ether oxygens (including phenoxy) is 3. The number of benzene rings is 2. The normalized spacial score (nSPS) is 11.7. The molecule has 1 atom stereocenters. The highest BCUT2D eigenvalue weighted by molar-refractivity contribution is 7.99. The van der Waals surface area contributed by atoms with E-state index in [1.54, 1.807) is 30.0 Å². The zero-order valence-electron chi connectivity index (χ0n) is 16.8. The van der Waals surface area contributed by atoms with Crippen molar-refractivity contribution in [2.75, 3.05) is 26.6 Å². The Labute approximate surface area is 178 Å². The minimum Gasteiger partial charge on any atom is -0.494 e. The van der Waals surface area contributed by atoms with Gasteiger partial charge in [0.05, 0.1) is 20.3 Å². The number of hydrogen-bond acceptors (Lipinski definition) is 9. The van der Waals surface area contributed by atoms with Crippen LogP contribution in [-0.4, -0.2) is 63.8 Å². The van der Waals surface area contributed by atoms with Gasteiger partial charge >= 0.3 is 0 Å². The van der Waals surface area contributed by atoms with Crippen LogP contribution in [0.4, 0.5) is 0 Å². The second-order valence-electron chi connectivity index (χ2n) is 6.24. The summed E-state index contributed by atoms with van der Waals surface area (Å²) in [7, 11) is 3.07. The number of Topliss-reactive ketones (excluding diaryl/α,β-unsaturated/α-hetero) is 1. The smallest absolute Gasteiger partial charge is 0.214 e. The Morgan fingerprint density at radius 2 is 1.90 bits per heavy atom. The van der Waals surface area contributed by atoms with Crippen LogP contribution in [0.1, 0.15) is 17.3 Å². The van der Waals surface area contributed by atoms with Gasteiger partial charge in [0, 0.05) is 11.3 Å². The quantitative estimate of drug-likeness (QED) is 0.383. The summed E-state index contributed by atoms with van der Waals surface area (Å²) in [4.78, 5) is 11.5. The van der Waals surface area contributed by atoms with E-state index in [-0.39, 0.29) is 12.4 Å². The maximum atomic E-state index is 11.5. The molecule has 3 aromatic rings. The molecular weight excluding hydrogens is 408 g/mol. The lowest BCUT2D eigenvalue weighted by Crippen LogP contribution is -2.20. The van der Waals surface area contributed by atoms with Gasteiger partial charge in [-0.1, -0.05) is 23.9 Å². The Kier molecular flexibility index (Phi) is 7.26. The summed E-state index contributed by atoms with van der Waals surface area (Å²) in [5, 5.41) is 22.6. The van der Waals surface area contributed by atoms with E-state index in [1.165, 1.54) is 25.8 Å². The molecule has 3 rings (SSSR count). The summed E-state index contributed by atoms with van der Waals surface area (Å²) in [6.07, 6.45) is -0.782. The van der Waals surface area contributed by atoms with Crippen LogP contribution in [-0.2, 0) is 0 Å². The average molecular weight is 430 g/mol. The van der Waals surface area contributed by atoms with Crippen molar-refractivity contribution < 1.29 is 24.1 Å². The Hall–Kier alpha value is -3.11. The first-order chi connectivity index (χ1) is 14.5. The fraction of sp³-hybridized carbons (Fsp3) is 0.300. The minimum atomic E-state index is -0.782. The molecule has 0 aliphatic carbocycles. The van der Waals surface area contributed by atoms with Gasteiger partial charge in [-0.25, -0.2) is 0 Å². The molecule has 9 nitrogen and oxygen atoms in total. The molecule has 0 aliphatic heterocycles. The predicted octanol–water partition coefficient (Wildman–Crippen LogP) is 2.41. The molecule has 30 heavy (non-hydrogen) atoms. The van der Waals surface area contributed by atoms with Crippen molar-refractivity contribution in [2.45, 2.75) is 18.2 Å². The van der Waals surface area contributed by atoms with Crippen LogP contribution in [0.25, 0.3) is 5.69 Å². The van der Waals surface area contributed by atoms with E-state index >= 15 is 0 Å². The molecule has 0 spiro atoms. The number of carbonyl (C=O) groups excluding carboxylic acids is 1. The molecule has 0 fully saturated rings. The van der Waals surface area contributed by atoms with E-state index in [0.717, 1.165) is 0 Å². The van der Waals surface area contributed by atoms with E-state index in [2.05, 4.69) is 15.5 Å². The number of nitrogens with zero attached hydrogens (tertiary/aromatic N) is 4. The number of methoxy groups -OCH3 is 2. The zero-order chi connectivity index (χ0) is 21.5. The van der Waals surface area contributed by atoms with Crippen molar-refractivity contribution in [1.29, 1.82) is 0 Å². The third-order valence-corrected chi connectivity index (χ3v) is 5.22. The van der Waals surface area contributed by atoms with Crippen LogP contribution in [0.2, 0.25) is 0 Å². The molecule has 2 aromatic carbocycles. The Bertz CT molecular complexity index is 1010. The minimum absolute atomic E-state index is 0.0407. The fourth-order valence-corrected chi connectivity index (χ4v) is 3.42. The third kappa shape index (κ3) is 5.08. The number of ketones is 1. The molecule has 1 aromatic heterocycles. The number of carbonyl (C=O) groups is 1. The third-order valence-electron chi connectivity index (χ3n) is 4.16. The molecular formula is C20H22N4O5S. The fourth-order valence-electron chi connectivity index (χ4n) is 2.64. The largest absolute Gasteiger partial charge is 0.494 e. The highest BCUT2D eigenvalue weighted by Crippen LogP contribution is 2.29. The van der Waals surface area contributed by atoms with Gasteiger partial charge < -0.3 is 19.3 Å². The van der Waals surface area contributed by atoms with Crippen molar-refractivity contribution >= 4 is 17.5 Å². The van der Waals surface area contributed by atoms with Gasteiger partial charge in [-0.3, -0.25) is 4.79 Å². The molecule has 1 unspecified atom stereocenters.